The molecule has 1 aromatic heterocycles. The molecule has 1 amide bonds. The maximum atomic E-state index is 11.0. The summed E-state index contributed by atoms with van der Waals surface area (Å²) in [7, 11) is 0. The highest BCUT2D eigenvalue weighted by Gasteiger charge is 2.20. The molecule has 1 fully saturated rings. The van der Waals surface area contributed by atoms with Crippen LogP contribution in [0.15, 0.2) is 18.3 Å². The van der Waals surface area contributed by atoms with Crippen molar-refractivity contribution in [2.75, 3.05) is 11.9 Å². The van der Waals surface area contributed by atoms with Gasteiger partial charge in [-0.25, -0.2) is 0 Å². The van der Waals surface area contributed by atoms with Gasteiger partial charge in [0.2, 0.25) is 5.91 Å². The van der Waals surface area contributed by atoms with E-state index in [0.717, 1.165) is 5.69 Å². The maximum Gasteiger partial charge on any atom is 0.222 e. The molecule has 0 saturated carbocycles. The highest BCUT2D eigenvalue weighted by atomic mass is 32.1. The first-order valence-electron chi connectivity index (χ1n) is 4.94. The van der Waals surface area contributed by atoms with Crippen molar-refractivity contribution in [3.8, 4) is 0 Å². The van der Waals surface area contributed by atoms with Gasteiger partial charge in [-0.2, -0.15) is 0 Å². The Morgan fingerprint density at radius 3 is 3.12 bits per heavy atom. The van der Waals surface area contributed by atoms with Crippen LogP contribution in [-0.4, -0.2) is 28.5 Å². The van der Waals surface area contributed by atoms with Gasteiger partial charge in [0, 0.05) is 24.8 Å². The monoisotopic (exact) mass is 236 g/mol. The summed E-state index contributed by atoms with van der Waals surface area (Å²) in [6.45, 7) is 0.642. The van der Waals surface area contributed by atoms with E-state index in [-0.39, 0.29) is 16.9 Å². The standard InChI is InChI=1S/C10H12N4OS/c11-10(16)8-3-6(1-2-12-8)14-7-4-9(15)13-5-7/h1-3,7H,4-5H2,(H2,11,16)(H,12,14)(H,13,15). The Morgan fingerprint density at radius 1 is 1.69 bits per heavy atom. The molecule has 0 aromatic carbocycles. The fourth-order valence-electron chi connectivity index (χ4n) is 1.60. The minimum absolute atomic E-state index is 0.0705. The molecule has 0 bridgehead atoms. The fraction of sp³-hybridized carbons (Fsp3) is 0.300. The van der Waals surface area contributed by atoms with E-state index >= 15 is 0 Å². The molecule has 2 rings (SSSR count). The Morgan fingerprint density at radius 2 is 2.50 bits per heavy atom. The van der Waals surface area contributed by atoms with Crippen LogP contribution >= 0.6 is 12.2 Å². The number of nitrogens with zero attached hydrogens (tertiary/aromatic N) is 1. The summed E-state index contributed by atoms with van der Waals surface area (Å²) < 4.78 is 0. The van der Waals surface area contributed by atoms with Gasteiger partial charge in [0.1, 0.15) is 4.99 Å². The van der Waals surface area contributed by atoms with Crippen LogP contribution in [0.25, 0.3) is 0 Å². The van der Waals surface area contributed by atoms with Gasteiger partial charge >= 0.3 is 0 Å². The van der Waals surface area contributed by atoms with Crippen molar-refractivity contribution in [1.82, 2.24) is 10.3 Å². The van der Waals surface area contributed by atoms with Crippen molar-refractivity contribution in [2.45, 2.75) is 12.5 Å². The Balaban J connectivity index is 2.07. The number of amides is 1. The number of pyridine rings is 1. The first kappa shape index (κ1) is 10.8. The predicted molar refractivity (Wildman–Crippen MR) is 65.2 cm³/mol. The summed E-state index contributed by atoms with van der Waals surface area (Å²) in [5.74, 6) is 0.0705. The van der Waals surface area contributed by atoms with Crippen LogP contribution in [0.3, 0.4) is 0 Å². The minimum Gasteiger partial charge on any atom is -0.388 e. The van der Waals surface area contributed by atoms with Gasteiger partial charge in [-0.1, -0.05) is 12.2 Å². The number of nitrogens with two attached hydrogens (primary N) is 1. The van der Waals surface area contributed by atoms with Gasteiger partial charge in [-0.15, -0.1) is 0 Å². The van der Waals surface area contributed by atoms with Crippen LogP contribution in [-0.2, 0) is 4.79 Å². The van der Waals surface area contributed by atoms with E-state index in [2.05, 4.69) is 15.6 Å². The van der Waals surface area contributed by atoms with Crippen LogP contribution in [0.4, 0.5) is 5.69 Å². The molecule has 0 aliphatic carbocycles. The molecular formula is C10H12N4OS. The quantitative estimate of drug-likeness (QED) is 0.645. The largest absolute Gasteiger partial charge is 0.388 e. The minimum atomic E-state index is 0.0705. The van der Waals surface area contributed by atoms with Gasteiger partial charge in [0.05, 0.1) is 11.7 Å². The molecular weight excluding hydrogens is 224 g/mol. The summed E-state index contributed by atoms with van der Waals surface area (Å²) in [6.07, 6.45) is 2.13. The van der Waals surface area contributed by atoms with E-state index in [9.17, 15) is 4.79 Å². The zero-order valence-corrected chi connectivity index (χ0v) is 9.38. The van der Waals surface area contributed by atoms with Crippen molar-refractivity contribution in [3.63, 3.8) is 0 Å². The smallest absolute Gasteiger partial charge is 0.222 e. The molecule has 0 spiro atoms. The van der Waals surface area contributed by atoms with Crippen molar-refractivity contribution in [1.29, 1.82) is 0 Å². The summed E-state index contributed by atoms with van der Waals surface area (Å²) >= 11 is 4.84. The number of aromatic nitrogens is 1. The lowest BCUT2D eigenvalue weighted by atomic mass is 10.2. The summed E-state index contributed by atoms with van der Waals surface area (Å²) in [5.41, 5.74) is 6.94. The Kier molecular flexibility index (Phi) is 3.00. The van der Waals surface area contributed by atoms with Crippen molar-refractivity contribution < 1.29 is 4.79 Å². The number of thiocarbonyl (C=S) groups is 1. The average molecular weight is 236 g/mol. The van der Waals surface area contributed by atoms with E-state index in [0.29, 0.717) is 18.7 Å². The number of nitrogens with one attached hydrogen (secondary N) is 2. The molecule has 1 aliphatic heterocycles. The van der Waals surface area contributed by atoms with Gasteiger partial charge in [-0.3, -0.25) is 9.78 Å². The summed E-state index contributed by atoms with van der Waals surface area (Å²) in [5, 5.41) is 5.99. The molecule has 5 nitrogen and oxygen atoms in total. The van der Waals surface area contributed by atoms with E-state index in [4.69, 9.17) is 18.0 Å². The molecule has 1 unspecified atom stereocenters. The molecule has 1 saturated heterocycles. The molecule has 84 valence electrons. The third-order valence-electron chi connectivity index (χ3n) is 2.36. The third-order valence-corrected chi connectivity index (χ3v) is 2.57. The second-order valence-electron chi connectivity index (χ2n) is 3.64. The lowest BCUT2D eigenvalue weighted by Crippen LogP contribution is -2.22. The average Bonchev–Trinajstić information content (AvgIpc) is 2.64. The van der Waals surface area contributed by atoms with E-state index in [1.54, 1.807) is 12.3 Å². The number of hydrogen-bond donors (Lipinski definition) is 3. The molecule has 1 aliphatic rings. The molecule has 1 atom stereocenters. The predicted octanol–water partition coefficient (Wildman–Crippen LogP) is 0.0162. The highest BCUT2D eigenvalue weighted by Crippen LogP contribution is 2.12. The molecule has 2 heterocycles. The van der Waals surface area contributed by atoms with Crippen LogP contribution in [0.5, 0.6) is 0 Å². The van der Waals surface area contributed by atoms with Crippen LogP contribution in [0, 0.1) is 0 Å². The molecule has 0 radical (unpaired) electrons. The van der Waals surface area contributed by atoms with Crippen molar-refractivity contribution in [2.24, 2.45) is 5.73 Å². The van der Waals surface area contributed by atoms with Crippen LogP contribution < -0.4 is 16.4 Å². The van der Waals surface area contributed by atoms with Gasteiger partial charge in [0.25, 0.3) is 0 Å². The van der Waals surface area contributed by atoms with Gasteiger partial charge in [0.15, 0.2) is 0 Å². The first-order valence-corrected chi connectivity index (χ1v) is 5.35. The summed E-state index contributed by atoms with van der Waals surface area (Å²) in [4.78, 5) is 15.3. The molecule has 6 heteroatoms. The maximum absolute atomic E-state index is 11.0. The SMILES string of the molecule is NC(=S)c1cc(NC2CNC(=O)C2)ccn1. The zero-order valence-electron chi connectivity index (χ0n) is 8.56. The molecule has 4 N–H and O–H groups in total. The third kappa shape index (κ3) is 2.46. The van der Waals surface area contributed by atoms with Crippen LogP contribution in [0.2, 0.25) is 0 Å². The number of anilines is 1. The molecule has 1 aromatic rings. The second kappa shape index (κ2) is 4.44. The first-order chi connectivity index (χ1) is 7.65. The highest BCUT2D eigenvalue weighted by molar-refractivity contribution is 7.80. The lowest BCUT2D eigenvalue weighted by molar-refractivity contribution is -0.119. The fourth-order valence-corrected chi connectivity index (χ4v) is 1.71. The summed E-state index contributed by atoms with van der Waals surface area (Å²) in [6, 6.07) is 3.73. The van der Waals surface area contributed by atoms with Gasteiger partial charge < -0.3 is 16.4 Å². The van der Waals surface area contributed by atoms with Crippen molar-refractivity contribution >= 4 is 28.8 Å². The van der Waals surface area contributed by atoms with E-state index in [1.807, 2.05) is 6.07 Å². The van der Waals surface area contributed by atoms with E-state index in [1.165, 1.54) is 0 Å². The van der Waals surface area contributed by atoms with Gasteiger partial charge in [-0.05, 0) is 12.1 Å². The lowest BCUT2D eigenvalue weighted by Gasteiger charge is -2.12. The Bertz CT molecular complexity index is 435. The van der Waals surface area contributed by atoms with Crippen LogP contribution in [0.1, 0.15) is 12.1 Å². The topological polar surface area (TPSA) is 80.0 Å². The number of carbonyl (C=O) groups excluding carboxylic acids is 1. The second-order valence-corrected chi connectivity index (χ2v) is 4.08. The number of rotatable bonds is 3. The molecule has 16 heavy (non-hydrogen) atoms. The number of carbonyl (C=O) groups is 1. The number of hydrogen-bond acceptors (Lipinski definition) is 4. The Hall–Kier alpha value is -1.69. The van der Waals surface area contributed by atoms with E-state index < -0.39 is 0 Å². The zero-order chi connectivity index (χ0) is 11.5. The van der Waals surface area contributed by atoms with Crippen molar-refractivity contribution in [3.05, 3.63) is 24.0 Å². The normalized spacial score (nSPS) is 19.2. The Labute approximate surface area is 98.4 Å².